The summed E-state index contributed by atoms with van der Waals surface area (Å²) in [6, 6.07) is 14.8. The van der Waals surface area contributed by atoms with Crippen LogP contribution < -0.4 is 14.8 Å². The minimum Gasteiger partial charge on any atom is -0.497 e. The number of hydrogen-bond acceptors (Lipinski definition) is 6. The Kier molecular flexibility index (Phi) is 4.74. The zero-order valence-corrected chi connectivity index (χ0v) is 14.8. The summed E-state index contributed by atoms with van der Waals surface area (Å²) in [5.74, 6) is 1.92. The predicted octanol–water partition coefficient (Wildman–Crippen LogP) is 3.22. The fourth-order valence-electron chi connectivity index (χ4n) is 2.58. The van der Waals surface area contributed by atoms with E-state index in [1.807, 2.05) is 36.4 Å². The maximum Gasteiger partial charge on any atom is 0.264 e. The van der Waals surface area contributed by atoms with E-state index in [9.17, 15) is 4.79 Å². The molecule has 1 aliphatic carbocycles. The summed E-state index contributed by atoms with van der Waals surface area (Å²) < 4.78 is 16.1. The Bertz CT molecular complexity index is 932. The number of amides is 1. The Balaban J connectivity index is 1.43. The second kappa shape index (κ2) is 7.49. The number of nitrogens with one attached hydrogen (secondary N) is 1. The van der Waals surface area contributed by atoms with E-state index in [4.69, 9.17) is 14.0 Å². The molecule has 0 atom stereocenters. The van der Waals surface area contributed by atoms with Crippen molar-refractivity contribution < 1.29 is 18.8 Å². The van der Waals surface area contributed by atoms with Crippen LogP contribution in [0.3, 0.4) is 0 Å². The fraction of sp³-hybridized carbons (Fsp3) is 0.250. The molecule has 1 N–H and O–H groups in total. The Morgan fingerprint density at radius 2 is 1.96 bits per heavy atom. The summed E-state index contributed by atoms with van der Waals surface area (Å²) >= 11 is 0. The molecule has 7 heteroatoms. The van der Waals surface area contributed by atoms with E-state index in [1.54, 1.807) is 19.2 Å². The maximum absolute atomic E-state index is 12.3. The van der Waals surface area contributed by atoms with Crippen molar-refractivity contribution >= 4 is 5.91 Å². The van der Waals surface area contributed by atoms with Crippen molar-refractivity contribution in [2.75, 3.05) is 7.11 Å². The molecule has 1 fully saturated rings. The van der Waals surface area contributed by atoms with Gasteiger partial charge in [0.1, 0.15) is 11.5 Å². The molecule has 4 rings (SSSR count). The molecule has 7 nitrogen and oxygen atoms in total. The van der Waals surface area contributed by atoms with Crippen LogP contribution >= 0.6 is 0 Å². The predicted molar refractivity (Wildman–Crippen MR) is 97.5 cm³/mol. The topological polar surface area (TPSA) is 86.5 Å². The van der Waals surface area contributed by atoms with Crippen molar-refractivity contribution in [3.05, 3.63) is 60.0 Å². The lowest BCUT2D eigenvalue weighted by atomic mass is 10.2. The van der Waals surface area contributed by atoms with Crippen LogP contribution in [0.25, 0.3) is 11.4 Å². The van der Waals surface area contributed by atoms with Crippen molar-refractivity contribution in [3.63, 3.8) is 0 Å². The summed E-state index contributed by atoms with van der Waals surface area (Å²) in [6.45, 7) is 0.0802. The van der Waals surface area contributed by atoms with Crippen LogP contribution in [0.15, 0.2) is 53.1 Å². The third kappa shape index (κ3) is 4.08. The summed E-state index contributed by atoms with van der Waals surface area (Å²) in [4.78, 5) is 16.7. The van der Waals surface area contributed by atoms with Gasteiger partial charge in [0.25, 0.3) is 11.8 Å². The number of ether oxygens (including phenoxy) is 2. The lowest BCUT2D eigenvalue weighted by molar-refractivity contribution is 0.0945. The number of carbonyl (C=O) groups excluding carboxylic acids is 1. The zero-order valence-electron chi connectivity index (χ0n) is 14.8. The number of rotatable bonds is 7. The van der Waals surface area contributed by atoms with Gasteiger partial charge in [-0.1, -0.05) is 17.3 Å². The van der Waals surface area contributed by atoms with Crippen LogP contribution in [-0.4, -0.2) is 29.2 Å². The smallest absolute Gasteiger partial charge is 0.264 e. The largest absolute Gasteiger partial charge is 0.497 e. The van der Waals surface area contributed by atoms with Crippen molar-refractivity contribution in [3.8, 4) is 22.9 Å². The van der Waals surface area contributed by atoms with Crippen molar-refractivity contribution in [1.29, 1.82) is 0 Å². The van der Waals surface area contributed by atoms with E-state index in [2.05, 4.69) is 15.5 Å². The SMILES string of the molecule is COc1ccc(-c2noc(COc3ccccc3C(=O)NC3CC3)n2)cc1. The first kappa shape index (κ1) is 17.1. The van der Waals surface area contributed by atoms with Gasteiger partial charge in [0, 0.05) is 11.6 Å². The molecule has 0 spiro atoms. The van der Waals surface area contributed by atoms with Crippen molar-refractivity contribution in [2.45, 2.75) is 25.5 Å². The monoisotopic (exact) mass is 365 g/mol. The van der Waals surface area contributed by atoms with E-state index < -0.39 is 0 Å². The highest BCUT2D eigenvalue weighted by Gasteiger charge is 2.25. The number of methoxy groups -OCH3 is 1. The maximum atomic E-state index is 12.3. The van der Waals surface area contributed by atoms with E-state index in [-0.39, 0.29) is 18.6 Å². The molecule has 27 heavy (non-hydrogen) atoms. The Hall–Kier alpha value is -3.35. The summed E-state index contributed by atoms with van der Waals surface area (Å²) in [5, 5.41) is 6.94. The molecule has 0 aliphatic heterocycles. The van der Waals surface area contributed by atoms with Crippen LogP contribution in [0.2, 0.25) is 0 Å². The second-order valence-electron chi connectivity index (χ2n) is 6.27. The minimum atomic E-state index is -0.127. The highest BCUT2D eigenvalue weighted by Crippen LogP contribution is 2.24. The third-order valence-corrected chi connectivity index (χ3v) is 4.21. The first-order valence-electron chi connectivity index (χ1n) is 8.72. The number of para-hydroxylation sites is 1. The molecule has 1 heterocycles. The molecule has 0 radical (unpaired) electrons. The van der Waals surface area contributed by atoms with Gasteiger partial charge in [-0.15, -0.1) is 0 Å². The molecule has 138 valence electrons. The van der Waals surface area contributed by atoms with Gasteiger partial charge in [0.05, 0.1) is 12.7 Å². The highest BCUT2D eigenvalue weighted by molar-refractivity contribution is 5.97. The van der Waals surface area contributed by atoms with Crippen molar-refractivity contribution in [2.24, 2.45) is 0 Å². The molecule has 1 saturated carbocycles. The molecule has 0 saturated heterocycles. The average Bonchev–Trinajstić information content (AvgIpc) is 3.40. The molecule has 0 unspecified atom stereocenters. The van der Waals surface area contributed by atoms with Gasteiger partial charge < -0.3 is 19.3 Å². The summed E-state index contributed by atoms with van der Waals surface area (Å²) in [5.41, 5.74) is 1.31. The second-order valence-corrected chi connectivity index (χ2v) is 6.27. The fourth-order valence-corrected chi connectivity index (χ4v) is 2.58. The van der Waals surface area contributed by atoms with Gasteiger partial charge in [-0.3, -0.25) is 4.79 Å². The Labute approximate surface area is 156 Å². The number of hydrogen-bond donors (Lipinski definition) is 1. The Morgan fingerprint density at radius 3 is 2.70 bits per heavy atom. The van der Waals surface area contributed by atoms with Gasteiger partial charge in [-0.25, -0.2) is 0 Å². The van der Waals surface area contributed by atoms with Crippen LogP contribution in [0, 0.1) is 0 Å². The van der Waals surface area contributed by atoms with Crippen LogP contribution in [0.5, 0.6) is 11.5 Å². The van der Waals surface area contributed by atoms with Crippen LogP contribution in [0.1, 0.15) is 29.1 Å². The minimum absolute atomic E-state index is 0.0802. The van der Waals surface area contributed by atoms with E-state index in [1.165, 1.54) is 0 Å². The number of carbonyl (C=O) groups is 1. The molecule has 3 aromatic rings. The van der Waals surface area contributed by atoms with Gasteiger partial charge in [-0.05, 0) is 49.2 Å². The third-order valence-electron chi connectivity index (χ3n) is 4.21. The first-order chi connectivity index (χ1) is 13.2. The lowest BCUT2D eigenvalue weighted by Gasteiger charge is -2.09. The molecular formula is C20H19N3O4. The van der Waals surface area contributed by atoms with Crippen LogP contribution in [0.4, 0.5) is 0 Å². The van der Waals surface area contributed by atoms with E-state index in [0.29, 0.717) is 23.0 Å². The molecule has 1 amide bonds. The standard InChI is InChI=1S/C20H19N3O4/c1-25-15-10-6-13(7-11-15)19-22-18(27-23-19)12-26-17-5-3-2-4-16(17)20(24)21-14-8-9-14/h2-7,10-11,14H,8-9,12H2,1H3,(H,21,24). The molecular weight excluding hydrogens is 346 g/mol. The average molecular weight is 365 g/mol. The molecule has 2 aromatic carbocycles. The van der Waals surface area contributed by atoms with Gasteiger partial charge in [-0.2, -0.15) is 4.98 Å². The van der Waals surface area contributed by atoms with Crippen molar-refractivity contribution in [1.82, 2.24) is 15.5 Å². The molecule has 0 bridgehead atoms. The lowest BCUT2D eigenvalue weighted by Crippen LogP contribution is -2.25. The summed E-state index contributed by atoms with van der Waals surface area (Å²) in [7, 11) is 1.61. The van der Waals surface area contributed by atoms with Gasteiger partial charge >= 0.3 is 0 Å². The van der Waals surface area contributed by atoms with Gasteiger partial charge in [0.15, 0.2) is 6.61 Å². The number of nitrogens with zero attached hydrogens (tertiary/aromatic N) is 2. The zero-order chi connectivity index (χ0) is 18.6. The quantitative estimate of drug-likeness (QED) is 0.692. The normalized spacial score (nSPS) is 13.2. The first-order valence-corrected chi connectivity index (χ1v) is 8.72. The number of benzene rings is 2. The van der Waals surface area contributed by atoms with Crippen LogP contribution in [-0.2, 0) is 6.61 Å². The number of aromatic nitrogens is 2. The van der Waals surface area contributed by atoms with Gasteiger partial charge in [0.2, 0.25) is 5.82 Å². The molecule has 1 aromatic heterocycles. The van der Waals surface area contributed by atoms with E-state index in [0.717, 1.165) is 24.2 Å². The Morgan fingerprint density at radius 1 is 1.19 bits per heavy atom. The molecule has 1 aliphatic rings. The summed E-state index contributed by atoms with van der Waals surface area (Å²) in [6.07, 6.45) is 2.07. The highest BCUT2D eigenvalue weighted by atomic mass is 16.5. The van der Waals surface area contributed by atoms with E-state index >= 15 is 0 Å².